The first-order chi connectivity index (χ1) is 8.60. The van der Waals surface area contributed by atoms with Gasteiger partial charge in [-0.2, -0.15) is 4.98 Å². The lowest BCUT2D eigenvalue weighted by atomic mass is 10.2. The van der Waals surface area contributed by atoms with Gasteiger partial charge in [0, 0.05) is 22.2 Å². The highest BCUT2D eigenvalue weighted by Gasteiger charge is 2.15. The molecule has 0 spiro atoms. The van der Waals surface area contributed by atoms with Crippen molar-refractivity contribution in [2.24, 2.45) is 5.73 Å². The van der Waals surface area contributed by atoms with Crippen LogP contribution in [0, 0.1) is 0 Å². The normalized spacial score (nSPS) is 12.7. The fraction of sp³-hybridized carbons (Fsp3) is 0.273. The number of nitrogens with two attached hydrogens (primary N) is 1. The number of aliphatic hydroxyl groups is 1. The zero-order valence-electron chi connectivity index (χ0n) is 9.31. The van der Waals surface area contributed by atoms with Gasteiger partial charge in [0.1, 0.15) is 0 Å². The molecule has 0 bridgehead atoms. The van der Waals surface area contributed by atoms with E-state index in [1.807, 2.05) is 0 Å². The van der Waals surface area contributed by atoms with Gasteiger partial charge < -0.3 is 15.4 Å². The number of nitrogens with zero attached hydrogens (tertiary/aromatic N) is 2. The topological polar surface area (TPSA) is 85.2 Å². The van der Waals surface area contributed by atoms with Gasteiger partial charge in [0.25, 0.3) is 0 Å². The molecule has 1 atom stereocenters. The molecular weight excluding hydrogens is 277 g/mol. The first-order valence-electron chi connectivity index (χ1n) is 5.26. The number of aromatic nitrogens is 2. The van der Waals surface area contributed by atoms with Crippen LogP contribution >= 0.6 is 23.2 Å². The number of hydrogen-bond acceptors (Lipinski definition) is 5. The van der Waals surface area contributed by atoms with Crippen LogP contribution in [0.3, 0.4) is 0 Å². The largest absolute Gasteiger partial charge is 0.396 e. The van der Waals surface area contributed by atoms with Crippen LogP contribution in [-0.4, -0.2) is 21.9 Å². The monoisotopic (exact) mass is 287 g/mol. The van der Waals surface area contributed by atoms with Gasteiger partial charge in [0.15, 0.2) is 0 Å². The van der Waals surface area contributed by atoms with Gasteiger partial charge in [0.05, 0.1) is 6.04 Å². The van der Waals surface area contributed by atoms with Crippen LogP contribution in [0.15, 0.2) is 22.7 Å². The van der Waals surface area contributed by atoms with E-state index in [1.165, 1.54) is 0 Å². The first-order valence-corrected chi connectivity index (χ1v) is 6.02. The first kappa shape index (κ1) is 13.3. The molecule has 2 aromatic rings. The maximum Gasteiger partial charge on any atom is 0.243 e. The second-order valence-corrected chi connectivity index (χ2v) is 4.61. The predicted octanol–water partition coefficient (Wildman–Crippen LogP) is 2.43. The molecule has 3 N–H and O–H groups in total. The average molecular weight is 288 g/mol. The molecule has 96 valence electrons. The number of halogens is 2. The summed E-state index contributed by atoms with van der Waals surface area (Å²) in [6, 6.07) is 4.50. The van der Waals surface area contributed by atoms with Crippen LogP contribution in [0.5, 0.6) is 0 Å². The van der Waals surface area contributed by atoms with Crippen molar-refractivity contribution < 1.29 is 9.63 Å². The minimum Gasteiger partial charge on any atom is -0.396 e. The van der Waals surface area contributed by atoms with Crippen LogP contribution in [0.1, 0.15) is 18.4 Å². The SMILES string of the molecule is NC(CCO)c1nc(-c2cc(Cl)cc(Cl)c2)no1. The molecule has 1 heterocycles. The van der Waals surface area contributed by atoms with E-state index in [0.717, 1.165) is 0 Å². The van der Waals surface area contributed by atoms with Crippen molar-refractivity contribution in [1.82, 2.24) is 10.1 Å². The Hall–Kier alpha value is -1.14. The molecule has 0 aliphatic carbocycles. The van der Waals surface area contributed by atoms with Gasteiger partial charge in [-0.25, -0.2) is 0 Å². The molecule has 0 aliphatic rings. The van der Waals surface area contributed by atoms with Crippen molar-refractivity contribution in [1.29, 1.82) is 0 Å². The summed E-state index contributed by atoms with van der Waals surface area (Å²) in [4.78, 5) is 4.15. The standard InChI is InChI=1S/C11H11Cl2N3O2/c12-7-3-6(4-8(13)5-7)10-15-11(18-16-10)9(14)1-2-17/h3-5,9,17H,1-2,14H2. The molecule has 0 radical (unpaired) electrons. The molecule has 0 saturated heterocycles. The highest BCUT2D eigenvalue weighted by molar-refractivity contribution is 6.35. The van der Waals surface area contributed by atoms with E-state index >= 15 is 0 Å². The second kappa shape index (κ2) is 5.67. The van der Waals surface area contributed by atoms with Crippen molar-refractivity contribution in [2.75, 3.05) is 6.61 Å². The van der Waals surface area contributed by atoms with E-state index < -0.39 is 6.04 Å². The van der Waals surface area contributed by atoms with Gasteiger partial charge in [-0.1, -0.05) is 28.4 Å². The number of rotatable bonds is 4. The van der Waals surface area contributed by atoms with Gasteiger partial charge in [0.2, 0.25) is 11.7 Å². The Kier molecular flexibility index (Phi) is 4.19. The summed E-state index contributed by atoms with van der Waals surface area (Å²) in [6.07, 6.45) is 0.359. The summed E-state index contributed by atoms with van der Waals surface area (Å²) in [7, 11) is 0. The quantitative estimate of drug-likeness (QED) is 0.902. The molecule has 2 rings (SSSR count). The van der Waals surface area contributed by atoms with Gasteiger partial charge in [-0.05, 0) is 24.6 Å². The summed E-state index contributed by atoms with van der Waals surface area (Å²) in [5.41, 5.74) is 6.40. The van der Waals surface area contributed by atoms with E-state index in [-0.39, 0.29) is 12.5 Å². The Bertz CT molecular complexity index is 525. The Morgan fingerprint density at radius 1 is 1.28 bits per heavy atom. The Labute approximate surface area is 114 Å². The van der Waals surface area contributed by atoms with Crippen molar-refractivity contribution in [3.05, 3.63) is 34.1 Å². The molecule has 0 saturated carbocycles. The van der Waals surface area contributed by atoms with E-state index in [4.69, 9.17) is 38.6 Å². The predicted molar refractivity (Wildman–Crippen MR) is 68.4 cm³/mol. The van der Waals surface area contributed by atoms with Crippen molar-refractivity contribution in [3.63, 3.8) is 0 Å². The molecule has 1 aromatic heterocycles. The Balaban J connectivity index is 2.29. The minimum absolute atomic E-state index is 0.0398. The van der Waals surface area contributed by atoms with Gasteiger partial charge in [-0.15, -0.1) is 0 Å². The number of aliphatic hydroxyl groups excluding tert-OH is 1. The van der Waals surface area contributed by atoms with Crippen LogP contribution in [-0.2, 0) is 0 Å². The molecule has 0 amide bonds. The molecule has 0 aliphatic heterocycles. The average Bonchev–Trinajstić information content (AvgIpc) is 2.77. The Morgan fingerprint density at radius 2 is 1.94 bits per heavy atom. The lowest BCUT2D eigenvalue weighted by molar-refractivity contribution is 0.259. The molecule has 7 heteroatoms. The van der Waals surface area contributed by atoms with E-state index in [1.54, 1.807) is 18.2 Å². The van der Waals surface area contributed by atoms with Crippen molar-refractivity contribution in [3.8, 4) is 11.4 Å². The molecular formula is C11H11Cl2N3O2. The number of benzene rings is 1. The fourth-order valence-electron chi connectivity index (χ4n) is 1.45. The third-order valence-electron chi connectivity index (χ3n) is 2.32. The van der Waals surface area contributed by atoms with Crippen LogP contribution in [0.25, 0.3) is 11.4 Å². The lowest BCUT2D eigenvalue weighted by Gasteiger charge is -2.01. The summed E-state index contributed by atoms with van der Waals surface area (Å²) in [6.45, 7) is -0.0398. The van der Waals surface area contributed by atoms with Crippen LogP contribution < -0.4 is 5.73 Å². The summed E-state index contributed by atoms with van der Waals surface area (Å²) in [5.74, 6) is 0.637. The van der Waals surface area contributed by atoms with Crippen molar-refractivity contribution >= 4 is 23.2 Å². The maximum atomic E-state index is 8.79. The van der Waals surface area contributed by atoms with E-state index in [0.29, 0.717) is 27.9 Å². The fourth-order valence-corrected chi connectivity index (χ4v) is 1.97. The summed E-state index contributed by atoms with van der Waals surface area (Å²) >= 11 is 11.8. The second-order valence-electron chi connectivity index (χ2n) is 3.73. The Morgan fingerprint density at radius 3 is 2.56 bits per heavy atom. The molecule has 1 unspecified atom stereocenters. The highest BCUT2D eigenvalue weighted by Crippen LogP contribution is 2.26. The lowest BCUT2D eigenvalue weighted by Crippen LogP contribution is -2.12. The summed E-state index contributed by atoms with van der Waals surface area (Å²) in [5, 5.41) is 13.6. The zero-order valence-corrected chi connectivity index (χ0v) is 10.8. The minimum atomic E-state index is -0.481. The van der Waals surface area contributed by atoms with Gasteiger partial charge >= 0.3 is 0 Å². The van der Waals surface area contributed by atoms with E-state index in [9.17, 15) is 0 Å². The summed E-state index contributed by atoms with van der Waals surface area (Å²) < 4.78 is 5.03. The molecule has 5 nitrogen and oxygen atoms in total. The van der Waals surface area contributed by atoms with Crippen LogP contribution in [0.4, 0.5) is 0 Å². The van der Waals surface area contributed by atoms with Crippen molar-refractivity contribution in [2.45, 2.75) is 12.5 Å². The van der Waals surface area contributed by atoms with Gasteiger partial charge in [-0.3, -0.25) is 0 Å². The number of hydrogen-bond donors (Lipinski definition) is 2. The molecule has 0 fully saturated rings. The molecule has 1 aromatic carbocycles. The zero-order chi connectivity index (χ0) is 13.1. The van der Waals surface area contributed by atoms with E-state index in [2.05, 4.69) is 10.1 Å². The highest BCUT2D eigenvalue weighted by atomic mass is 35.5. The smallest absolute Gasteiger partial charge is 0.243 e. The molecule has 18 heavy (non-hydrogen) atoms. The maximum absolute atomic E-state index is 8.79. The third kappa shape index (κ3) is 3.00. The van der Waals surface area contributed by atoms with Crippen LogP contribution in [0.2, 0.25) is 10.0 Å². The third-order valence-corrected chi connectivity index (χ3v) is 2.76.